The highest BCUT2D eigenvalue weighted by Crippen LogP contribution is 2.45. The van der Waals surface area contributed by atoms with Crippen LogP contribution in [0.5, 0.6) is 5.75 Å². The predicted octanol–water partition coefficient (Wildman–Crippen LogP) is 2.95. The number of hydrogen-bond donors (Lipinski definition) is 1. The molecule has 1 aromatic carbocycles. The summed E-state index contributed by atoms with van der Waals surface area (Å²) < 4.78 is 7.44. The van der Waals surface area contributed by atoms with Gasteiger partial charge in [0, 0.05) is 18.5 Å². The van der Waals surface area contributed by atoms with Gasteiger partial charge in [0.15, 0.2) is 5.16 Å². The molecular formula is C19H24N4O2S. The van der Waals surface area contributed by atoms with Crippen LogP contribution in [-0.2, 0) is 11.2 Å². The van der Waals surface area contributed by atoms with E-state index in [0.29, 0.717) is 24.3 Å². The Morgan fingerprint density at radius 2 is 2.00 bits per heavy atom. The predicted molar refractivity (Wildman–Crippen MR) is 101 cm³/mol. The number of nitrogens with one attached hydrogen (secondary N) is 1. The van der Waals surface area contributed by atoms with Gasteiger partial charge in [-0.05, 0) is 49.8 Å². The molecule has 6 nitrogen and oxygen atoms in total. The first-order valence-corrected chi connectivity index (χ1v) is 10.2. The van der Waals surface area contributed by atoms with Crippen LogP contribution >= 0.6 is 11.8 Å². The monoisotopic (exact) mass is 372 g/mol. The Bertz CT molecular complexity index is 766. The van der Waals surface area contributed by atoms with Crippen molar-refractivity contribution in [3.8, 4) is 5.75 Å². The summed E-state index contributed by atoms with van der Waals surface area (Å²) in [5.74, 6) is 3.00. The summed E-state index contributed by atoms with van der Waals surface area (Å²) >= 11 is 1.50. The first kappa shape index (κ1) is 17.4. The number of hydrogen-bond acceptors (Lipinski definition) is 5. The van der Waals surface area contributed by atoms with Crippen LogP contribution in [0.2, 0.25) is 0 Å². The van der Waals surface area contributed by atoms with Gasteiger partial charge in [-0.3, -0.25) is 4.79 Å². The van der Waals surface area contributed by atoms with E-state index in [9.17, 15) is 4.79 Å². The Labute approximate surface area is 157 Å². The van der Waals surface area contributed by atoms with Crippen molar-refractivity contribution < 1.29 is 9.53 Å². The maximum absolute atomic E-state index is 12.1. The summed E-state index contributed by atoms with van der Waals surface area (Å²) in [5.41, 5.74) is 1.18. The molecule has 4 rings (SSSR count). The number of benzene rings is 1. The molecule has 1 aromatic heterocycles. The highest BCUT2D eigenvalue weighted by Gasteiger charge is 2.36. The Hall–Kier alpha value is -2.02. The fourth-order valence-electron chi connectivity index (χ4n) is 3.00. The van der Waals surface area contributed by atoms with E-state index in [1.807, 2.05) is 24.3 Å². The van der Waals surface area contributed by atoms with E-state index in [1.54, 1.807) is 7.11 Å². The zero-order chi connectivity index (χ0) is 17.9. The van der Waals surface area contributed by atoms with Gasteiger partial charge in [0.05, 0.1) is 12.9 Å². The summed E-state index contributed by atoms with van der Waals surface area (Å²) in [6.45, 7) is 0.633. The van der Waals surface area contributed by atoms with Crippen molar-refractivity contribution in [2.75, 3.05) is 19.4 Å². The smallest absolute Gasteiger partial charge is 0.230 e. The molecule has 1 heterocycles. The summed E-state index contributed by atoms with van der Waals surface area (Å²) in [7, 11) is 1.66. The largest absolute Gasteiger partial charge is 0.497 e. The summed E-state index contributed by atoms with van der Waals surface area (Å²) in [5, 5.41) is 12.6. The van der Waals surface area contributed by atoms with Crippen molar-refractivity contribution in [3.05, 3.63) is 35.7 Å². The van der Waals surface area contributed by atoms with Crippen molar-refractivity contribution in [2.24, 2.45) is 0 Å². The quantitative estimate of drug-likeness (QED) is 0.686. The van der Waals surface area contributed by atoms with Crippen molar-refractivity contribution in [1.82, 2.24) is 20.1 Å². The average molecular weight is 372 g/mol. The zero-order valence-corrected chi connectivity index (χ0v) is 15.8. The number of thioether (sulfide) groups is 1. The van der Waals surface area contributed by atoms with Crippen molar-refractivity contribution in [1.29, 1.82) is 0 Å². The molecule has 2 saturated carbocycles. The van der Waals surface area contributed by atoms with E-state index in [0.717, 1.165) is 23.2 Å². The summed E-state index contributed by atoms with van der Waals surface area (Å²) in [6.07, 6.45) is 5.67. The van der Waals surface area contributed by atoms with Crippen LogP contribution in [0, 0.1) is 0 Å². The Balaban J connectivity index is 1.24. The Kier molecular flexibility index (Phi) is 5.15. The number of carbonyl (C=O) groups is 1. The topological polar surface area (TPSA) is 69.0 Å². The average Bonchev–Trinajstić information content (AvgIpc) is 3.59. The molecule has 0 bridgehead atoms. The molecule has 2 aromatic rings. The van der Waals surface area contributed by atoms with Crippen LogP contribution in [0.25, 0.3) is 0 Å². The summed E-state index contributed by atoms with van der Waals surface area (Å²) in [4.78, 5) is 12.1. The van der Waals surface area contributed by atoms with Gasteiger partial charge in [-0.2, -0.15) is 0 Å². The minimum Gasteiger partial charge on any atom is -0.497 e. The standard InChI is InChI=1S/C19H24N4O2S/c1-25-16-8-2-13(3-9-16)10-11-20-17(24)12-26-19-22-21-18(14-4-5-14)23(19)15-6-7-15/h2-3,8-9,14-15H,4-7,10-12H2,1H3,(H,20,24). The first-order valence-electron chi connectivity index (χ1n) is 9.22. The Morgan fingerprint density at radius 3 is 2.65 bits per heavy atom. The van der Waals surface area contributed by atoms with Crippen molar-refractivity contribution in [3.63, 3.8) is 0 Å². The van der Waals surface area contributed by atoms with Crippen molar-refractivity contribution in [2.45, 2.75) is 49.2 Å². The van der Waals surface area contributed by atoms with Gasteiger partial charge in [-0.15, -0.1) is 10.2 Å². The Morgan fingerprint density at radius 1 is 1.23 bits per heavy atom. The van der Waals surface area contributed by atoms with Gasteiger partial charge in [0.2, 0.25) is 5.91 Å². The van der Waals surface area contributed by atoms with Crippen LogP contribution in [0.3, 0.4) is 0 Å². The lowest BCUT2D eigenvalue weighted by Gasteiger charge is -2.08. The van der Waals surface area contributed by atoms with Gasteiger partial charge in [0.25, 0.3) is 0 Å². The van der Waals surface area contributed by atoms with Crippen LogP contribution < -0.4 is 10.1 Å². The summed E-state index contributed by atoms with van der Waals surface area (Å²) in [6, 6.07) is 8.49. The first-order chi connectivity index (χ1) is 12.7. The third-order valence-electron chi connectivity index (χ3n) is 4.77. The number of amides is 1. The maximum atomic E-state index is 12.1. The molecule has 0 aliphatic heterocycles. The third kappa shape index (κ3) is 4.20. The fraction of sp³-hybridized carbons (Fsp3) is 0.526. The number of aromatic nitrogens is 3. The molecular weight excluding hydrogens is 348 g/mol. The molecule has 0 radical (unpaired) electrons. The molecule has 0 saturated heterocycles. The molecule has 1 N–H and O–H groups in total. The van der Waals surface area contributed by atoms with E-state index in [2.05, 4.69) is 20.1 Å². The van der Waals surface area contributed by atoms with E-state index < -0.39 is 0 Å². The van der Waals surface area contributed by atoms with Gasteiger partial charge in [-0.25, -0.2) is 0 Å². The molecule has 1 amide bonds. The lowest BCUT2D eigenvalue weighted by molar-refractivity contribution is -0.118. The molecule has 2 aliphatic rings. The van der Waals surface area contributed by atoms with E-state index >= 15 is 0 Å². The highest BCUT2D eigenvalue weighted by atomic mass is 32.2. The molecule has 26 heavy (non-hydrogen) atoms. The lowest BCUT2D eigenvalue weighted by atomic mass is 10.1. The second-order valence-electron chi connectivity index (χ2n) is 6.95. The third-order valence-corrected chi connectivity index (χ3v) is 5.72. The maximum Gasteiger partial charge on any atom is 0.230 e. The number of rotatable bonds is 9. The highest BCUT2D eigenvalue weighted by molar-refractivity contribution is 7.99. The minimum atomic E-state index is 0.0434. The van der Waals surface area contributed by atoms with Gasteiger partial charge < -0.3 is 14.6 Å². The molecule has 138 valence electrons. The number of methoxy groups -OCH3 is 1. The van der Waals surface area contributed by atoms with Crippen LogP contribution in [0.4, 0.5) is 0 Å². The zero-order valence-electron chi connectivity index (χ0n) is 15.0. The normalized spacial score (nSPS) is 16.5. The molecule has 0 atom stereocenters. The molecule has 2 aliphatic carbocycles. The van der Waals surface area contributed by atoms with Crippen LogP contribution in [-0.4, -0.2) is 40.1 Å². The number of ether oxygens (including phenoxy) is 1. The van der Waals surface area contributed by atoms with Crippen molar-refractivity contribution >= 4 is 17.7 Å². The van der Waals surface area contributed by atoms with Gasteiger partial charge in [0.1, 0.15) is 11.6 Å². The fourth-order valence-corrected chi connectivity index (χ4v) is 3.84. The SMILES string of the molecule is COc1ccc(CCNC(=O)CSc2nnc(C3CC3)n2C2CC2)cc1. The van der Waals surface area contributed by atoms with Gasteiger partial charge in [-0.1, -0.05) is 23.9 Å². The second-order valence-corrected chi connectivity index (χ2v) is 7.90. The number of carbonyl (C=O) groups excluding carboxylic acids is 1. The molecule has 7 heteroatoms. The van der Waals surface area contributed by atoms with E-state index in [4.69, 9.17) is 4.74 Å². The molecule has 0 spiro atoms. The minimum absolute atomic E-state index is 0.0434. The van der Waals surface area contributed by atoms with E-state index in [1.165, 1.54) is 43.0 Å². The second kappa shape index (κ2) is 7.70. The lowest BCUT2D eigenvalue weighted by Crippen LogP contribution is -2.27. The van der Waals surface area contributed by atoms with Gasteiger partial charge >= 0.3 is 0 Å². The van der Waals surface area contributed by atoms with Crippen LogP contribution in [0.1, 0.15) is 49.0 Å². The van der Waals surface area contributed by atoms with Crippen LogP contribution in [0.15, 0.2) is 29.4 Å². The molecule has 2 fully saturated rings. The number of nitrogens with zero attached hydrogens (tertiary/aromatic N) is 3. The van der Waals surface area contributed by atoms with E-state index in [-0.39, 0.29) is 5.91 Å². The molecule has 0 unspecified atom stereocenters.